The second-order valence-electron chi connectivity index (χ2n) is 6.72. The quantitative estimate of drug-likeness (QED) is 0.566. The second-order valence-corrected chi connectivity index (χ2v) is 7.15. The Morgan fingerprint density at radius 2 is 2.00 bits per heavy atom. The maximum Gasteiger partial charge on any atom is 0.254 e. The monoisotopic (exact) mass is 379 g/mol. The van der Waals surface area contributed by atoms with Crippen molar-refractivity contribution in [1.82, 2.24) is 19.6 Å². The summed E-state index contributed by atoms with van der Waals surface area (Å²) in [6, 6.07) is 11.6. The van der Waals surface area contributed by atoms with Crippen molar-refractivity contribution in [3.63, 3.8) is 0 Å². The number of nitrogens with zero attached hydrogens (tertiary/aromatic N) is 4. The maximum atomic E-state index is 5.97. The lowest BCUT2D eigenvalue weighted by Crippen LogP contribution is -2.10. The van der Waals surface area contributed by atoms with Gasteiger partial charge in [-0.15, -0.1) is 5.10 Å². The van der Waals surface area contributed by atoms with Crippen LogP contribution in [0.15, 0.2) is 47.1 Å². The van der Waals surface area contributed by atoms with E-state index in [1.807, 2.05) is 40.9 Å². The molecule has 5 rings (SSSR count). The van der Waals surface area contributed by atoms with Crippen molar-refractivity contribution in [3.8, 4) is 0 Å². The van der Waals surface area contributed by atoms with E-state index in [9.17, 15) is 0 Å². The highest BCUT2D eigenvalue weighted by atomic mass is 35.5. The molecule has 1 aliphatic carbocycles. The second kappa shape index (κ2) is 6.70. The van der Waals surface area contributed by atoms with E-state index in [-0.39, 0.29) is 0 Å². The summed E-state index contributed by atoms with van der Waals surface area (Å²) in [5, 5.41) is 8.94. The van der Waals surface area contributed by atoms with E-state index < -0.39 is 0 Å². The smallest absolute Gasteiger partial charge is 0.254 e. The molecule has 0 bridgehead atoms. The number of benzene rings is 1. The number of anilines is 1. The molecule has 0 aliphatic heterocycles. The first-order valence-corrected chi connectivity index (χ1v) is 9.42. The van der Waals surface area contributed by atoms with Crippen LogP contribution in [0.5, 0.6) is 0 Å². The van der Waals surface area contributed by atoms with Gasteiger partial charge in [-0.2, -0.15) is 9.50 Å². The summed E-state index contributed by atoms with van der Waals surface area (Å²) in [4.78, 5) is 9.40. The lowest BCUT2D eigenvalue weighted by Gasteiger charge is -2.11. The standard InChI is InChI=1S/C20H18ClN5O/c21-14-8-6-13(7-9-14)11-18-24-20-23-17-5-1-4-16(17)19(26(20)25-18)22-12-15-3-2-10-27-15/h2-3,6-10,22H,1,4-5,11-12H2. The molecule has 3 heterocycles. The molecule has 0 spiro atoms. The molecule has 0 fully saturated rings. The number of halogens is 1. The molecule has 4 aromatic rings. The Morgan fingerprint density at radius 3 is 2.81 bits per heavy atom. The van der Waals surface area contributed by atoms with Gasteiger partial charge < -0.3 is 9.73 Å². The molecule has 0 saturated carbocycles. The Kier molecular flexibility index (Phi) is 4.05. The number of hydrogen-bond acceptors (Lipinski definition) is 5. The number of fused-ring (bicyclic) bond motifs is 2. The van der Waals surface area contributed by atoms with Gasteiger partial charge in [-0.25, -0.2) is 4.98 Å². The molecule has 0 unspecified atom stereocenters. The average molecular weight is 380 g/mol. The molecule has 0 saturated heterocycles. The number of nitrogens with one attached hydrogen (secondary N) is 1. The third-order valence-electron chi connectivity index (χ3n) is 4.84. The fraction of sp³-hybridized carbons (Fsp3) is 0.250. The Labute approximate surface area is 161 Å². The molecule has 3 aromatic heterocycles. The highest BCUT2D eigenvalue weighted by Gasteiger charge is 2.22. The first-order valence-electron chi connectivity index (χ1n) is 9.04. The average Bonchev–Trinajstić information content (AvgIpc) is 3.41. The topological polar surface area (TPSA) is 68.2 Å². The summed E-state index contributed by atoms with van der Waals surface area (Å²) in [6.45, 7) is 0.602. The van der Waals surface area contributed by atoms with E-state index in [1.54, 1.807) is 6.26 Å². The summed E-state index contributed by atoms with van der Waals surface area (Å²) in [7, 11) is 0. The van der Waals surface area contributed by atoms with Crippen LogP contribution in [0.25, 0.3) is 5.78 Å². The summed E-state index contributed by atoms with van der Waals surface area (Å²) in [6.07, 6.45) is 5.43. The van der Waals surface area contributed by atoms with Gasteiger partial charge in [0, 0.05) is 17.0 Å². The molecular weight excluding hydrogens is 362 g/mol. The van der Waals surface area contributed by atoms with Crippen LogP contribution >= 0.6 is 11.6 Å². The Bertz CT molecular complexity index is 1090. The fourth-order valence-electron chi connectivity index (χ4n) is 3.55. The van der Waals surface area contributed by atoms with E-state index in [0.717, 1.165) is 52.9 Å². The van der Waals surface area contributed by atoms with Crippen molar-refractivity contribution < 1.29 is 4.42 Å². The van der Waals surface area contributed by atoms with Crippen LogP contribution in [-0.4, -0.2) is 19.6 Å². The molecule has 1 N–H and O–H groups in total. The number of furan rings is 1. The minimum atomic E-state index is 0.602. The minimum absolute atomic E-state index is 0.602. The van der Waals surface area contributed by atoms with Gasteiger partial charge in [0.25, 0.3) is 5.78 Å². The molecule has 0 atom stereocenters. The van der Waals surface area contributed by atoms with Gasteiger partial charge in [0.2, 0.25) is 0 Å². The third kappa shape index (κ3) is 3.17. The lowest BCUT2D eigenvalue weighted by atomic mass is 10.1. The van der Waals surface area contributed by atoms with E-state index >= 15 is 0 Å². The zero-order valence-corrected chi connectivity index (χ0v) is 15.4. The molecule has 1 aliphatic rings. The molecule has 1 aromatic carbocycles. The highest BCUT2D eigenvalue weighted by Crippen LogP contribution is 2.28. The van der Waals surface area contributed by atoms with Gasteiger partial charge in [0.05, 0.1) is 18.5 Å². The molecule has 27 heavy (non-hydrogen) atoms. The van der Waals surface area contributed by atoms with Crippen molar-refractivity contribution in [1.29, 1.82) is 0 Å². The van der Waals surface area contributed by atoms with Crippen LogP contribution in [0, 0.1) is 0 Å². The first-order chi connectivity index (χ1) is 13.3. The summed E-state index contributed by atoms with van der Waals surface area (Å²) in [5.74, 6) is 3.24. The highest BCUT2D eigenvalue weighted by molar-refractivity contribution is 6.30. The predicted octanol–water partition coefficient (Wildman–Crippen LogP) is 4.06. The largest absolute Gasteiger partial charge is 0.467 e. The Balaban J connectivity index is 1.51. The number of rotatable bonds is 5. The van der Waals surface area contributed by atoms with E-state index in [2.05, 4.69) is 10.3 Å². The molecule has 7 heteroatoms. The normalized spacial score (nSPS) is 13.2. The van der Waals surface area contributed by atoms with Gasteiger partial charge in [-0.3, -0.25) is 0 Å². The SMILES string of the molecule is Clc1ccc(Cc2nc3nc4c(c(NCc5ccco5)n3n2)CCC4)cc1. The van der Waals surface area contributed by atoms with Crippen molar-refractivity contribution in [3.05, 3.63) is 76.1 Å². The Morgan fingerprint density at radius 1 is 1.11 bits per heavy atom. The summed E-state index contributed by atoms with van der Waals surface area (Å²) in [5.41, 5.74) is 3.47. The van der Waals surface area contributed by atoms with Crippen LogP contribution in [0.4, 0.5) is 5.82 Å². The maximum absolute atomic E-state index is 5.97. The van der Waals surface area contributed by atoms with Crippen LogP contribution in [-0.2, 0) is 25.8 Å². The van der Waals surface area contributed by atoms with Crippen molar-refractivity contribution in [2.45, 2.75) is 32.2 Å². The fourth-order valence-corrected chi connectivity index (χ4v) is 3.67. The van der Waals surface area contributed by atoms with E-state index in [0.29, 0.717) is 18.7 Å². The summed E-state index contributed by atoms with van der Waals surface area (Å²) < 4.78 is 7.28. The zero-order chi connectivity index (χ0) is 18.2. The third-order valence-corrected chi connectivity index (χ3v) is 5.09. The first kappa shape index (κ1) is 16.3. The van der Waals surface area contributed by atoms with Crippen LogP contribution in [0.3, 0.4) is 0 Å². The van der Waals surface area contributed by atoms with Gasteiger partial charge in [-0.05, 0) is 49.1 Å². The zero-order valence-electron chi connectivity index (χ0n) is 14.7. The molecule has 0 radical (unpaired) electrons. The molecule has 6 nitrogen and oxygen atoms in total. The van der Waals surface area contributed by atoms with Gasteiger partial charge >= 0.3 is 0 Å². The van der Waals surface area contributed by atoms with Gasteiger partial charge in [0.15, 0.2) is 5.82 Å². The van der Waals surface area contributed by atoms with E-state index in [1.165, 1.54) is 5.56 Å². The lowest BCUT2D eigenvalue weighted by molar-refractivity contribution is 0.517. The van der Waals surface area contributed by atoms with E-state index in [4.69, 9.17) is 26.1 Å². The molecule has 0 amide bonds. The van der Waals surface area contributed by atoms with Gasteiger partial charge in [-0.1, -0.05) is 23.7 Å². The molecular formula is C20H18ClN5O. The summed E-state index contributed by atoms with van der Waals surface area (Å²) >= 11 is 5.97. The van der Waals surface area contributed by atoms with Crippen molar-refractivity contribution in [2.24, 2.45) is 0 Å². The number of aryl methyl sites for hydroxylation is 1. The number of aromatic nitrogens is 4. The Hall–Kier alpha value is -2.86. The van der Waals surface area contributed by atoms with Crippen molar-refractivity contribution in [2.75, 3.05) is 5.32 Å². The van der Waals surface area contributed by atoms with Crippen molar-refractivity contribution >= 4 is 23.2 Å². The van der Waals surface area contributed by atoms with Gasteiger partial charge in [0.1, 0.15) is 11.6 Å². The predicted molar refractivity (Wildman–Crippen MR) is 103 cm³/mol. The van der Waals surface area contributed by atoms with Crippen LogP contribution in [0.1, 0.15) is 34.8 Å². The minimum Gasteiger partial charge on any atom is -0.467 e. The van der Waals surface area contributed by atoms with Crippen LogP contribution in [0.2, 0.25) is 5.02 Å². The number of hydrogen-bond donors (Lipinski definition) is 1. The van der Waals surface area contributed by atoms with Crippen LogP contribution < -0.4 is 5.32 Å². The molecule has 136 valence electrons.